The molecule has 6 heteroatoms. The fourth-order valence-electron chi connectivity index (χ4n) is 3.63. The molecule has 1 aliphatic rings. The molecule has 1 fully saturated rings. The lowest BCUT2D eigenvalue weighted by atomic mass is 10.1. The van der Waals surface area contributed by atoms with Crippen LogP contribution in [0, 0.1) is 6.92 Å². The maximum Gasteiger partial charge on any atom is 0.256 e. The largest absolute Gasteiger partial charge is 0.497 e. The van der Waals surface area contributed by atoms with Gasteiger partial charge in [0.15, 0.2) is 0 Å². The highest BCUT2D eigenvalue weighted by molar-refractivity contribution is 5.97. The Hall–Kier alpha value is -3.28. The lowest BCUT2D eigenvalue weighted by molar-refractivity contribution is 0.0746. The summed E-state index contributed by atoms with van der Waals surface area (Å²) >= 11 is 0. The molecule has 144 valence electrons. The van der Waals surface area contributed by atoms with E-state index in [0.717, 1.165) is 30.2 Å². The summed E-state index contributed by atoms with van der Waals surface area (Å²) in [4.78, 5) is 17.4. The van der Waals surface area contributed by atoms with E-state index >= 15 is 0 Å². The summed E-state index contributed by atoms with van der Waals surface area (Å²) in [5.74, 6) is 0.911. The molecule has 0 unspecified atom stereocenters. The third-order valence-electron chi connectivity index (χ3n) is 5.09. The van der Waals surface area contributed by atoms with Crippen LogP contribution in [0.25, 0.3) is 5.69 Å². The quantitative estimate of drug-likeness (QED) is 0.702. The maximum absolute atomic E-state index is 13.2. The Bertz CT molecular complexity index is 960. The van der Waals surface area contributed by atoms with Crippen LogP contribution in [-0.4, -0.2) is 53.9 Å². The number of rotatable bonds is 4. The van der Waals surface area contributed by atoms with Crippen LogP contribution in [0.4, 0.5) is 5.69 Å². The predicted octanol–water partition coefficient (Wildman–Crippen LogP) is 3.15. The molecule has 0 spiro atoms. The SMILES string of the molecule is COc1cc(C)cc(N2CCN(C(=O)c3ccccc3-n3cccn3)CC2)c1. The second-order valence-corrected chi connectivity index (χ2v) is 6.96. The molecule has 2 aromatic carbocycles. The van der Waals surface area contributed by atoms with Gasteiger partial charge in [-0.3, -0.25) is 4.79 Å². The molecular weight excluding hydrogens is 352 g/mol. The monoisotopic (exact) mass is 376 g/mol. The molecule has 2 heterocycles. The summed E-state index contributed by atoms with van der Waals surface area (Å²) in [6.45, 7) is 5.02. The summed E-state index contributed by atoms with van der Waals surface area (Å²) < 4.78 is 7.13. The van der Waals surface area contributed by atoms with Crippen LogP contribution >= 0.6 is 0 Å². The minimum absolute atomic E-state index is 0.0487. The molecule has 0 saturated carbocycles. The second kappa shape index (κ2) is 7.76. The van der Waals surface area contributed by atoms with Gasteiger partial charge in [0.25, 0.3) is 5.91 Å². The summed E-state index contributed by atoms with van der Waals surface area (Å²) in [6.07, 6.45) is 3.57. The van der Waals surface area contributed by atoms with Crippen LogP contribution in [0.5, 0.6) is 5.75 Å². The van der Waals surface area contributed by atoms with Crippen LogP contribution in [0.3, 0.4) is 0 Å². The number of piperazine rings is 1. The molecular formula is C22H24N4O2. The molecule has 1 aliphatic heterocycles. The zero-order valence-corrected chi connectivity index (χ0v) is 16.2. The van der Waals surface area contributed by atoms with E-state index in [2.05, 4.69) is 29.1 Å². The van der Waals surface area contributed by atoms with Gasteiger partial charge in [0, 0.05) is 50.3 Å². The molecule has 0 N–H and O–H groups in total. The number of nitrogens with zero attached hydrogens (tertiary/aromatic N) is 4. The van der Waals surface area contributed by atoms with Gasteiger partial charge < -0.3 is 14.5 Å². The minimum Gasteiger partial charge on any atom is -0.497 e. The molecule has 0 radical (unpaired) electrons. The molecule has 3 aromatic rings. The standard InChI is InChI=1S/C22H24N4O2/c1-17-14-18(16-19(15-17)28-2)24-10-12-25(13-11-24)22(27)20-6-3-4-7-21(20)26-9-5-8-23-26/h3-9,14-16H,10-13H2,1-2H3. The molecule has 0 atom stereocenters. The van der Waals surface area contributed by atoms with Crippen LogP contribution in [0.2, 0.25) is 0 Å². The Morgan fingerprint density at radius 3 is 2.54 bits per heavy atom. The lowest BCUT2D eigenvalue weighted by Crippen LogP contribution is -2.49. The van der Waals surface area contributed by atoms with Crippen molar-refractivity contribution in [2.75, 3.05) is 38.2 Å². The first-order valence-electron chi connectivity index (χ1n) is 9.44. The van der Waals surface area contributed by atoms with Gasteiger partial charge in [0.05, 0.1) is 18.4 Å². The Kier molecular flexibility index (Phi) is 5.02. The number of carbonyl (C=O) groups is 1. The minimum atomic E-state index is 0.0487. The molecule has 1 saturated heterocycles. The first-order valence-corrected chi connectivity index (χ1v) is 9.44. The van der Waals surface area contributed by atoms with Gasteiger partial charge in [0.2, 0.25) is 0 Å². The summed E-state index contributed by atoms with van der Waals surface area (Å²) in [5, 5.41) is 4.28. The van der Waals surface area contributed by atoms with E-state index in [4.69, 9.17) is 4.74 Å². The number of benzene rings is 2. The van der Waals surface area contributed by atoms with Crippen molar-refractivity contribution < 1.29 is 9.53 Å². The van der Waals surface area contributed by atoms with E-state index in [9.17, 15) is 4.79 Å². The van der Waals surface area contributed by atoms with E-state index < -0.39 is 0 Å². The fourth-order valence-corrected chi connectivity index (χ4v) is 3.63. The highest BCUT2D eigenvalue weighted by atomic mass is 16.5. The smallest absolute Gasteiger partial charge is 0.256 e. The van der Waals surface area contributed by atoms with E-state index in [-0.39, 0.29) is 5.91 Å². The molecule has 1 amide bonds. The van der Waals surface area contributed by atoms with Gasteiger partial charge in [-0.1, -0.05) is 12.1 Å². The predicted molar refractivity (Wildman–Crippen MR) is 109 cm³/mol. The number of amides is 1. The Morgan fingerprint density at radius 1 is 1.04 bits per heavy atom. The third-order valence-corrected chi connectivity index (χ3v) is 5.09. The topological polar surface area (TPSA) is 50.6 Å². The number of aromatic nitrogens is 2. The molecule has 0 bridgehead atoms. The third kappa shape index (κ3) is 3.58. The van der Waals surface area contributed by atoms with Crippen LogP contribution in [-0.2, 0) is 0 Å². The number of para-hydroxylation sites is 1. The van der Waals surface area contributed by atoms with E-state index in [1.807, 2.05) is 47.5 Å². The van der Waals surface area contributed by atoms with Gasteiger partial charge in [-0.05, 0) is 42.8 Å². The molecule has 0 aliphatic carbocycles. The fraction of sp³-hybridized carbons (Fsp3) is 0.273. The van der Waals surface area contributed by atoms with Crippen molar-refractivity contribution in [3.63, 3.8) is 0 Å². The van der Waals surface area contributed by atoms with Crippen LogP contribution < -0.4 is 9.64 Å². The van der Waals surface area contributed by atoms with E-state index in [1.54, 1.807) is 18.0 Å². The summed E-state index contributed by atoms with van der Waals surface area (Å²) in [5.41, 5.74) is 3.79. The lowest BCUT2D eigenvalue weighted by Gasteiger charge is -2.36. The number of carbonyl (C=O) groups excluding carboxylic acids is 1. The van der Waals surface area contributed by atoms with Crippen molar-refractivity contribution in [2.24, 2.45) is 0 Å². The molecule has 6 nitrogen and oxygen atoms in total. The number of hydrogen-bond donors (Lipinski definition) is 0. The van der Waals surface area contributed by atoms with Crippen molar-refractivity contribution in [3.8, 4) is 11.4 Å². The van der Waals surface area contributed by atoms with Gasteiger partial charge in [-0.2, -0.15) is 5.10 Å². The highest BCUT2D eigenvalue weighted by Crippen LogP contribution is 2.25. The summed E-state index contributed by atoms with van der Waals surface area (Å²) in [6, 6.07) is 15.7. The van der Waals surface area contributed by atoms with Gasteiger partial charge in [0.1, 0.15) is 5.75 Å². The van der Waals surface area contributed by atoms with Gasteiger partial charge >= 0.3 is 0 Å². The molecule has 1 aromatic heterocycles. The Balaban J connectivity index is 1.49. The first-order chi connectivity index (χ1) is 13.7. The van der Waals surface area contributed by atoms with Crippen LogP contribution in [0.1, 0.15) is 15.9 Å². The van der Waals surface area contributed by atoms with Crippen molar-refractivity contribution >= 4 is 11.6 Å². The number of hydrogen-bond acceptors (Lipinski definition) is 4. The Morgan fingerprint density at radius 2 is 1.82 bits per heavy atom. The first kappa shape index (κ1) is 18.1. The number of ether oxygens (including phenoxy) is 1. The summed E-state index contributed by atoms with van der Waals surface area (Å²) in [7, 11) is 1.69. The number of methoxy groups -OCH3 is 1. The highest BCUT2D eigenvalue weighted by Gasteiger charge is 2.24. The zero-order chi connectivity index (χ0) is 19.5. The van der Waals surface area contributed by atoms with Crippen molar-refractivity contribution in [2.45, 2.75) is 6.92 Å². The molecule has 4 rings (SSSR count). The van der Waals surface area contributed by atoms with Crippen molar-refractivity contribution in [1.82, 2.24) is 14.7 Å². The number of anilines is 1. The normalized spacial score (nSPS) is 14.2. The Labute approximate surface area is 164 Å². The maximum atomic E-state index is 13.2. The van der Waals surface area contributed by atoms with Crippen LogP contribution in [0.15, 0.2) is 60.9 Å². The van der Waals surface area contributed by atoms with Crippen molar-refractivity contribution in [3.05, 3.63) is 72.1 Å². The van der Waals surface area contributed by atoms with E-state index in [0.29, 0.717) is 18.7 Å². The van der Waals surface area contributed by atoms with E-state index in [1.165, 1.54) is 5.56 Å². The zero-order valence-electron chi connectivity index (χ0n) is 16.2. The average Bonchev–Trinajstić information content (AvgIpc) is 3.27. The van der Waals surface area contributed by atoms with Crippen molar-refractivity contribution in [1.29, 1.82) is 0 Å². The van der Waals surface area contributed by atoms with Gasteiger partial charge in [-0.25, -0.2) is 4.68 Å². The molecule has 28 heavy (non-hydrogen) atoms. The number of aryl methyl sites for hydroxylation is 1. The second-order valence-electron chi connectivity index (χ2n) is 6.96. The van der Waals surface area contributed by atoms with Gasteiger partial charge in [-0.15, -0.1) is 0 Å². The average molecular weight is 376 g/mol.